The first-order chi connectivity index (χ1) is 16.2. The number of hydrogen-bond acceptors (Lipinski definition) is 6. The minimum Gasteiger partial charge on any atom is -0.493 e. The van der Waals surface area contributed by atoms with Gasteiger partial charge in [-0.1, -0.05) is 30.3 Å². The fraction of sp³-hybridized carbons (Fsp3) is 0.200. The first-order valence-electron chi connectivity index (χ1n) is 10.9. The number of aromatic amines is 1. The van der Waals surface area contributed by atoms with Crippen molar-refractivity contribution in [3.63, 3.8) is 0 Å². The van der Waals surface area contributed by atoms with Crippen LogP contribution in [0.25, 0.3) is 11.4 Å². The molecule has 1 unspecified atom stereocenters. The van der Waals surface area contributed by atoms with Crippen LogP contribution < -0.4 is 14.8 Å². The molecule has 2 aromatic heterocycles. The Balaban J connectivity index is 1.23. The number of nitrogens with one attached hydrogen (secondary N) is 2. The molecule has 33 heavy (non-hydrogen) atoms. The van der Waals surface area contributed by atoms with Crippen molar-refractivity contribution in [2.75, 3.05) is 11.9 Å². The molecule has 0 radical (unpaired) electrons. The highest BCUT2D eigenvalue weighted by Crippen LogP contribution is 2.37. The summed E-state index contributed by atoms with van der Waals surface area (Å²) in [6.07, 6.45) is 3.44. The van der Waals surface area contributed by atoms with Crippen molar-refractivity contribution < 1.29 is 14.3 Å². The summed E-state index contributed by atoms with van der Waals surface area (Å²) in [6.45, 7) is 0.536. The molecule has 1 amide bonds. The molecule has 2 N–H and O–H groups in total. The number of rotatable bonds is 4. The summed E-state index contributed by atoms with van der Waals surface area (Å²) in [4.78, 5) is 20.6. The molecule has 0 saturated heterocycles. The van der Waals surface area contributed by atoms with E-state index in [1.54, 1.807) is 6.20 Å². The van der Waals surface area contributed by atoms with Crippen LogP contribution in [-0.4, -0.2) is 32.7 Å². The van der Waals surface area contributed by atoms with Crippen LogP contribution in [0, 0.1) is 0 Å². The number of carbonyl (C=O) groups excluding carboxylic acids is 1. The van der Waals surface area contributed by atoms with Crippen LogP contribution >= 0.6 is 0 Å². The Morgan fingerprint density at radius 2 is 1.97 bits per heavy atom. The number of hydrogen-bond donors (Lipinski definition) is 2. The Kier molecular flexibility index (Phi) is 4.75. The van der Waals surface area contributed by atoms with Gasteiger partial charge in [0.05, 0.1) is 12.5 Å². The van der Waals surface area contributed by atoms with E-state index in [2.05, 4.69) is 20.5 Å². The van der Waals surface area contributed by atoms with Gasteiger partial charge >= 0.3 is 0 Å². The number of carbonyl (C=O) groups is 1. The van der Waals surface area contributed by atoms with E-state index in [-0.39, 0.29) is 11.8 Å². The molecule has 0 fully saturated rings. The maximum absolute atomic E-state index is 11.7. The topological polar surface area (TPSA) is 102 Å². The predicted molar refractivity (Wildman–Crippen MR) is 121 cm³/mol. The Labute approximate surface area is 190 Å². The van der Waals surface area contributed by atoms with E-state index in [0.717, 1.165) is 34.7 Å². The van der Waals surface area contributed by atoms with Gasteiger partial charge in [-0.05, 0) is 42.7 Å². The van der Waals surface area contributed by atoms with Gasteiger partial charge in [0.1, 0.15) is 28.9 Å². The average Bonchev–Trinajstić information content (AvgIpc) is 3.35. The fourth-order valence-electron chi connectivity index (χ4n) is 4.26. The fourth-order valence-corrected chi connectivity index (χ4v) is 4.26. The van der Waals surface area contributed by atoms with Crippen LogP contribution in [0.2, 0.25) is 0 Å². The molecule has 0 aliphatic carbocycles. The summed E-state index contributed by atoms with van der Waals surface area (Å²) in [5.41, 5.74) is 2.95. The lowest BCUT2D eigenvalue weighted by atomic mass is 9.96. The predicted octanol–water partition coefficient (Wildman–Crippen LogP) is 4.26. The van der Waals surface area contributed by atoms with Gasteiger partial charge in [-0.2, -0.15) is 5.10 Å². The molecule has 2 aliphatic heterocycles. The van der Waals surface area contributed by atoms with E-state index in [4.69, 9.17) is 14.5 Å². The molecule has 0 saturated carbocycles. The largest absolute Gasteiger partial charge is 0.493 e. The molecule has 1 atom stereocenters. The average molecular weight is 439 g/mol. The Morgan fingerprint density at radius 1 is 1.06 bits per heavy atom. The van der Waals surface area contributed by atoms with E-state index in [1.165, 1.54) is 0 Å². The third-order valence-electron chi connectivity index (χ3n) is 5.96. The second kappa shape index (κ2) is 8.05. The second-order valence-electron chi connectivity index (χ2n) is 8.18. The first kappa shape index (κ1) is 19.5. The Hall–Kier alpha value is -4.20. The minimum absolute atomic E-state index is 0.0213. The summed E-state index contributed by atoms with van der Waals surface area (Å²) in [5, 5.41) is 10.3. The molecule has 4 aromatic rings. The number of pyridine rings is 1. The molecule has 2 aliphatic rings. The van der Waals surface area contributed by atoms with E-state index in [9.17, 15) is 4.79 Å². The molecular weight excluding hydrogens is 418 g/mol. The van der Waals surface area contributed by atoms with Crippen LogP contribution in [-0.2, 0) is 17.6 Å². The molecule has 8 heteroatoms. The summed E-state index contributed by atoms with van der Waals surface area (Å²) in [6, 6.07) is 17.6. The van der Waals surface area contributed by atoms with E-state index in [0.29, 0.717) is 42.6 Å². The zero-order chi connectivity index (χ0) is 22.2. The Morgan fingerprint density at radius 3 is 2.88 bits per heavy atom. The zero-order valence-electron chi connectivity index (χ0n) is 17.7. The summed E-state index contributed by atoms with van der Waals surface area (Å²) < 4.78 is 12.2. The van der Waals surface area contributed by atoms with Gasteiger partial charge in [-0.3, -0.25) is 9.89 Å². The third kappa shape index (κ3) is 3.80. The molecule has 4 heterocycles. The monoisotopic (exact) mass is 439 g/mol. The van der Waals surface area contributed by atoms with Crippen molar-refractivity contribution in [3.05, 3.63) is 77.7 Å². The lowest BCUT2D eigenvalue weighted by molar-refractivity contribution is -0.116. The van der Waals surface area contributed by atoms with Crippen molar-refractivity contribution in [1.29, 1.82) is 0 Å². The Bertz CT molecular complexity index is 1340. The van der Waals surface area contributed by atoms with Crippen molar-refractivity contribution >= 4 is 11.7 Å². The second-order valence-corrected chi connectivity index (χ2v) is 8.18. The van der Waals surface area contributed by atoms with Gasteiger partial charge in [0.2, 0.25) is 5.91 Å². The number of amides is 1. The van der Waals surface area contributed by atoms with Gasteiger partial charge in [0.15, 0.2) is 5.82 Å². The molecule has 0 spiro atoms. The molecule has 0 bridgehead atoms. The van der Waals surface area contributed by atoms with E-state index in [1.807, 2.05) is 54.6 Å². The van der Waals surface area contributed by atoms with Crippen LogP contribution in [0.3, 0.4) is 0 Å². The van der Waals surface area contributed by atoms with E-state index < -0.39 is 0 Å². The smallest absolute Gasteiger partial charge is 0.225 e. The summed E-state index contributed by atoms with van der Waals surface area (Å²) >= 11 is 0. The van der Waals surface area contributed by atoms with Gasteiger partial charge in [0, 0.05) is 23.7 Å². The summed E-state index contributed by atoms with van der Waals surface area (Å²) in [7, 11) is 0. The lowest BCUT2D eigenvalue weighted by Crippen LogP contribution is -2.21. The van der Waals surface area contributed by atoms with Crippen LogP contribution in [0.5, 0.6) is 17.2 Å². The standard InChI is InChI=1S/C25H21N5O3/c31-22-9-7-19-21(10-11-26-25(19)27-22)33-18-6-8-20-16(13-18)12-17(14-32-20)24-28-23(29-30-24)15-4-2-1-3-5-15/h1-6,8,10-11,13,17H,7,9,12,14H2,(H,26,27,31)(H,28,29,30). The maximum atomic E-state index is 11.7. The molecule has 2 aromatic carbocycles. The molecule has 6 rings (SSSR count). The van der Waals surface area contributed by atoms with Crippen LogP contribution in [0.1, 0.15) is 29.3 Å². The lowest BCUT2D eigenvalue weighted by Gasteiger charge is -2.24. The van der Waals surface area contributed by atoms with Gasteiger partial charge < -0.3 is 14.8 Å². The highest BCUT2D eigenvalue weighted by atomic mass is 16.5. The van der Waals surface area contributed by atoms with Crippen molar-refractivity contribution in [1.82, 2.24) is 20.2 Å². The van der Waals surface area contributed by atoms with Crippen molar-refractivity contribution in [3.8, 4) is 28.6 Å². The molecule has 164 valence electrons. The number of ether oxygens (including phenoxy) is 2. The number of H-pyrrole nitrogens is 1. The van der Waals surface area contributed by atoms with Crippen LogP contribution in [0.15, 0.2) is 60.8 Å². The molecular formula is C25H21N5O3. The molecule has 8 nitrogen and oxygen atoms in total. The number of fused-ring (bicyclic) bond motifs is 2. The van der Waals surface area contributed by atoms with Crippen molar-refractivity contribution in [2.24, 2.45) is 0 Å². The quantitative estimate of drug-likeness (QED) is 0.493. The highest BCUT2D eigenvalue weighted by molar-refractivity contribution is 5.93. The number of benzene rings is 2. The maximum Gasteiger partial charge on any atom is 0.225 e. The number of anilines is 1. The van der Waals surface area contributed by atoms with Gasteiger partial charge in [0.25, 0.3) is 0 Å². The summed E-state index contributed by atoms with van der Waals surface area (Å²) in [5.74, 6) is 4.39. The van der Waals surface area contributed by atoms with Gasteiger partial charge in [-0.15, -0.1) is 0 Å². The van der Waals surface area contributed by atoms with Gasteiger partial charge in [-0.25, -0.2) is 9.97 Å². The van der Waals surface area contributed by atoms with Crippen LogP contribution in [0.4, 0.5) is 5.82 Å². The third-order valence-corrected chi connectivity index (χ3v) is 5.96. The normalized spacial score (nSPS) is 16.8. The highest BCUT2D eigenvalue weighted by Gasteiger charge is 2.26. The number of nitrogens with zero attached hydrogens (tertiary/aromatic N) is 3. The SMILES string of the molecule is O=C1CCc2c(Oc3ccc4c(c3)CC(c3nc(-c5ccccc5)n[nH]3)CO4)ccnc2N1. The first-order valence-corrected chi connectivity index (χ1v) is 10.9. The van der Waals surface area contributed by atoms with Crippen molar-refractivity contribution in [2.45, 2.75) is 25.2 Å². The number of aromatic nitrogens is 4. The zero-order valence-corrected chi connectivity index (χ0v) is 17.7. The minimum atomic E-state index is -0.0213. The van der Waals surface area contributed by atoms with E-state index >= 15 is 0 Å².